The fourth-order valence-electron chi connectivity index (χ4n) is 2.07. The van der Waals surface area contributed by atoms with Crippen LogP contribution in [0.4, 0.5) is 13.2 Å². The number of carbonyl (C=O) groups is 1. The average molecular weight is 362 g/mol. The van der Waals surface area contributed by atoms with Crippen LogP contribution in [0, 0.1) is 6.92 Å². The van der Waals surface area contributed by atoms with Crippen molar-refractivity contribution < 1.29 is 18.0 Å². The van der Waals surface area contributed by atoms with Crippen LogP contribution in [0.1, 0.15) is 35.1 Å². The van der Waals surface area contributed by atoms with E-state index in [1.54, 1.807) is 6.92 Å². The van der Waals surface area contributed by atoms with Crippen molar-refractivity contribution in [2.75, 3.05) is 13.1 Å². The monoisotopic (exact) mass is 362 g/mol. The first-order valence-corrected chi connectivity index (χ1v) is 8.93. The van der Waals surface area contributed by atoms with E-state index < -0.39 is 18.6 Å². The normalized spacial score (nSPS) is 11.7. The van der Waals surface area contributed by atoms with Gasteiger partial charge in [0.15, 0.2) is 0 Å². The Hall–Kier alpha value is -1.41. The molecule has 0 spiro atoms. The number of aryl methyl sites for hydroxylation is 1. The van der Waals surface area contributed by atoms with Crippen molar-refractivity contribution in [3.63, 3.8) is 0 Å². The predicted octanol–water partition coefficient (Wildman–Crippen LogP) is 4.98. The van der Waals surface area contributed by atoms with Crippen molar-refractivity contribution in [1.82, 2.24) is 9.88 Å². The van der Waals surface area contributed by atoms with Crippen molar-refractivity contribution >= 4 is 28.6 Å². The fraction of sp³-hybridized carbons (Fsp3) is 0.467. The number of aromatic nitrogens is 1. The van der Waals surface area contributed by atoms with Gasteiger partial charge < -0.3 is 4.90 Å². The molecule has 0 unspecified atom stereocenters. The maximum Gasteiger partial charge on any atom is 0.406 e. The van der Waals surface area contributed by atoms with Crippen LogP contribution >= 0.6 is 22.7 Å². The van der Waals surface area contributed by atoms with Gasteiger partial charge in [-0.05, 0) is 24.8 Å². The summed E-state index contributed by atoms with van der Waals surface area (Å²) in [7, 11) is 0. The summed E-state index contributed by atoms with van der Waals surface area (Å²) < 4.78 is 38.2. The van der Waals surface area contributed by atoms with E-state index in [0.29, 0.717) is 17.1 Å². The first-order valence-electron chi connectivity index (χ1n) is 7.18. The standard InChI is InChI=1S/C15H17F3N2OS2/c1-3-4-6-20(9-15(16,17)18)14(21)12-10(2)19-13(23-12)11-5-7-22-8-11/h5,7-8H,3-4,6,9H2,1-2H3. The molecule has 0 aliphatic heterocycles. The minimum Gasteiger partial charge on any atom is -0.329 e. The molecule has 3 nitrogen and oxygen atoms in total. The average Bonchev–Trinajstić information content (AvgIpc) is 3.10. The molecule has 2 heterocycles. The van der Waals surface area contributed by atoms with Gasteiger partial charge in [-0.1, -0.05) is 13.3 Å². The van der Waals surface area contributed by atoms with Crippen LogP contribution in [0.2, 0.25) is 0 Å². The minimum atomic E-state index is -4.40. The third-order valence-electron chi connectivity index (χ3n) is 3.20. The van der Waals surface area contributed by atoms with Crippen LogP contribution in [-0.2, 0) is 0 Å². The Morgan fingerprint density at radius 1 is 1.39 bits per heavy atom. The second-order valence-corrected chi connectivity index (χ2v) is 6.92. The lowest BCUT2D eigenvalue weighted by Crippen LogP contribution is -2.39. The molecule has 0 N–H and O–H groups in total. The molecule has 1 amide bonds. The second-order valence-electron chi connectivity index (χ2n) is 5.14. The molecule has 0 bridgehead atoms. The van der Waals surface area contributed by atoms with Crippen LogP contribution < -0.4 is 0 Å². The summed E-state index contributed by atoms with van der Waals surface area (Å²) in [5.74, 6) is -0.591. The molecule has 0 aliphatic rings. The molecule has 0 atom stereocenters. The van der Waals surface area contributed by atoms with Crippen LogP contribution in [0.15, 0.2) is 16.8 Å². The second kappa shape index (κ2) is 7.44. The van der Waals surface area contributed by atoms with E-state index in [1.165, 1.54) is 11.3 Å². The molecule has 0 saturated heterocycles. The molecule has 0 fully saturated rings. The Kier molecular flexibility index (Phi) is 5.80. The van der Waals surface area contributed by atoms with Gasteiger partial charge in [-0.25, -0.2) is 4.98 Å². The molecule has 2 aromatic heterocycles. The molecule has 126 valence electrons. The molecule has 2 aromatic rings. The number of thiophene rings is 1. The molecular weight excluding hydrogens is 345 g/mol. The third kappa shape index (κ3) is 4.78. The molecule has 0 aliphatic carbocycles. The number of nitrogens with zero attached hydrogens (tertiary/aromatic N) is 2. The lowest BCUT2D eigenvalue weighted by atomic mass is 10.2. The van der Waals surface area contributed by atoms with Crippen molar-refractivity contribution in [2.24, 2.45) is 0 Å². The predicted molar refractivity (Wildman–Crippen MR) is 87.0 cm³/mol. The largest absolute Gasteiger partial charge is 0.406 e. The van der Waals surface area contributed by atoms with Crippen molar-refractivity contribution in [1.29, 1.82) is 0 Å². The van der Waals surface area contributed by atoms with E-state index in [2.05, 4.69) is 4.98 Å². The smallest absolute Gasteiger partial charge is 0.329 e. The van der Waals surface area contributed by atoms with Gasteiger partial charge in [0, 0.05) is 17.5 Å². The number of carbonyl (C=O) groups excluding carboxylic acids is 1. The topological polar surface area (TPSA) is 33.2 Å². The van der Waals surface area contributed by atoms with Gasteiger partial charge in [0.05, 0.1) is 5.69 Å². The summed E-state index contributed by atoms with van der Waals surface area (Å²) >= 11 is 2.66. The first-order chi connectivity index (χ1) is 10.8. The van der Waals surface area contributed by atoms with Gasteiger partial charge in [-0.3, -0.25) is 4.79 Å². The summed E-state index contributed by atoms with van der Waals surface area (Å²) in [5, 5.41) is 4.46. The van der Waals surface area contributed by atoms with E-state index >= 15 is 0 Å². The fourth-order valence-corrected chi connectivity index (χ4v) is 3.81. The first kappa shape index (κ1) is 17.9. The summed E-state index contributed by atoms with van der Waals surface area (Å²) in [6, 6.07) is 1.88. The number of hydrogen-bond acceptors (Lipinski definition) is 4. The van der Waals surface area contributed by atoms with E-state index in [9.17, 15) is 18.0 Å². The van der Waals surface area contributed by atoms with Crippen molar-refractivity contribution in [3.8, 4) is 10.6 Å². The zero-order chi connectivity index (χ0) is 17.0. The number of amides is 1. The summed E-state index contributed by atoms with van der Waals surface area (Å²) in [6.45, 7) is 2.41. The Morgan fingerprint density at radius 3 is 2.70 bits per heavy atom. The Bertz CT molecular complexity index is 650. The SMILES string of the molecule is CCCCN(CC(F)(F)F)C(=O)c1sc(-c2ccsc2)nc1C. The zero-order valence-electron chi connectivity index (χ0n) is 12.8. The maximum absolute atomic E-state index is 12.7. The Labute approximate surface area is 140 Å². The van der Waals surface area contributed by atoms with Gasteiger partial charge in [0.25, 0.3) is 5.91 Å². The highest BCUT2D eigenvalue weighted by atomic mass is 32.1. The summed E-state index contributed by atoms with van der Waals surface area (Å²) in [4.78, 5) is 18.0. The summed E-state index contributed by atoms with van der Waals surface area (Å²) in [6.07, 6.45) is -3.14. The number of alkyl halides is 3. The highest BCUT2D eigenvalue weighted by molar-refractivity contribution is 7.17. The minimum absolute atomic E-state index is 0.0972. The number of thiazole rings is 1. The molecule has 23 heavy (non-hydrogen) atoms. The summed E-state index contributed by atoms with van der Waals surface area (Å²) in [5.41, 5.74) is 1.36. The van der Waals surface area contributed by atoms with Gasteiger partial charge in [-0.2, -0.15) is 24.5 Å². The van der Waals surface area contributed by atoms with E-state index in [1.807, 2.05) is 23.8 Å². The Morgan fingerprint density at radius 2 is 2.13 bits per heavy atom. The van der Waals surface area contributed by atoms with Gasteiger partial charge in [0.1, 0.15) is 16.4 Å². The van der Waals surface area contributed by atoms with E-state index in [0.717, 1.165) is 28.2 Å². The van der Waals surface area contributed by atoms with E-state index in [4.69, 9.17) is 0 Å². The highest BCUT2D eigenvalue weighted by Gasteiger charge is 2.34. The van der Waals surface area contributed by atoms with Crippen molar-refractivity contribution in [2.45, 2.75) is 32.9 Å². The number of unbranched alkanes of at least 4 members (excludes halogenated alkanes) is 1. The lowest BCUT2D eigenvalue weighted by molar-refractivity contribution is -0.140. The Balaban J connectivity index is 2.25. The van der Waals surface area contributed by atoms with Crippen LogP contribution in [0.25, 0.3) is 10.6 Å². The number of hydrogen-bond donors (Lipinski definition) is 0. The van der Waals surface area contributed by atoms with Crippen LogP contribution in [0.5, 0.6) is 0 Å². The van der Waals surface area contributed by atoms with E-state index in [-0.39, 0.29) is 11.4 Å². The van der Waals surface area contributed by atoms with Crippen molar-refractivity contribution in [3.05, 3.63) is 27.4 Å². The number of halogens is 3. The number of rotatable bonds is 6. The highest BCUT2D eigenvalue weighted by Crippen LogP contribution is 2.30. The van der Waals surface area contributed by atoms with Gasteiger partial charge in [-0.15, -0.1) is 11.3 Å². The van der Waals surface area contributed by atoms with Crippen LogP contribution in [-0.4, -0.2) is 35.1 Å². The van der Waals surface area contributed by atoms with Gasteiger partial charge in [0.2, 0.25) is 0 Å². The molecule has 0 radical (unpaired) electrons. The molecule has 0 saturated carbocycles. The molecule has 2 rings (SSSR count). The quantitative estimate of drug-likeness (QED) is 0.726. The lowest BCUT2D eigenvalue weighted by Gasteiger charge is -2.23. The van der Waals surface area contributed by atoms with Crippen LogP contribution in [0.3, 0.4) is 0 Å². The maximum atomic E-state index is 12.7. The van der Waals surface area contributed by atoms with Gasteiger partial charge >= 0.3 is 6.18 Å². The molecular formula is C15H17F3N2OS2. The molecule has 0 aromatic carbocycles. The third-order valence-corrected chi connectivity index (χ3v) is 5.08. The zero-order valence-corrected chi connectivity index (χ0v) is 14.4. The molecule has 8 heteroatoms.